The molecule has 0 radical (unpaired) electrons. The van der Waals surface area contributed by atoms with E-state index in [9.17, 15) is 9.59 Å². The highest BCUT2D eigenvalue weighted by atomic mass is 16.4. The Kier molecular flexibility index (Phi) is 4.22. The predicted octanol–water partition coefficient (Wildman–Crippen LogP) is 1.12. The molecule has 0 spiro atoms. The van der Waals surface area contributed by atoms with Gasteiger partial charge in [-0.05, 0) is 46.1 Å². The van der Waals surface area contributed by atoms with Crippen LogP contribution in [0.25, 0.3) is 0 Å². The molecule has 0 aromatic carbocycles. The molecule has 2 amide bonds. The van der Waals surface area contributed by atoms with Gasteiger partial charge in [0.1, 0.15) is 5.54 Å². The largest absolute Gasteiger partial charge is 0.480 e. The fraction of sp³-hybridized carbons (Fsp3) is 0.857. The Morgan fingerprint density at radius 2 is 2.00 bits per heavy atom. The highest BCUT2D eigenvalue weighted by Gasteiger charge is 2.37. The predicted molar refractivity (Wildman–Crippen MR) is 75.6 cm³/mol. The highest BCUT2D eigenvalue weighted by molar-refractivity contribution is 5.85. The summed E-state index contributed by atoms with van der Waals surface area (Å²) >= 11 is 0. The molecule has 0 saturated carbocycles. The van der Waals surface area contributed by atoms with Crippen molar-refractivity contribution < 1.29 is 14.7 Å². The number of rotatable bonds is 3. The van der Waals surface area contributed by atoms with Crippen molar-refractivity contribution in [1.29, 1.82) is 0 Å². The Bertz CT molecular complexity index is 397. The van der Waals surface area contributed by atoms with E-state index in [-0.39, 0.29) is 12.1 Å². The average Bonchev–Trinajstić information content (AvgIpc) is 2.84. The molecule has 0 aliphatic carbocycles. The van der Waals surface area contributed by atoms with Crippen LogP contribution in [0.15, 0.2) is 0 Å². The van der Waals surface area contributed by atoms with Gasteiger partial charge in [-0.25, -0.2) is 9.59 Å². The van der Waals surface area contributed by atoms with E-state index in [2.05, 4.69) is 10.2 Å². The monoisotopic (exact) mass is 283 g/mol. The van der Waals surface area contributed by atoms with Gasteiger partial charge in [-0.2, -0.15) is 0 Å². The molecule has 2 saturated heterocycles. The van der Waals surface area contributed by atoms with Gasteiger partial charge < -0.3 is 20.2 Å². The maximum atomic E-state index is 12.2. The molecule has 2 heterocycles. The van der Waals surface area contributed by atoms with Crippen molar-refractivity contribution in [2.75, 3.05) is 20.1 Å². The van der Waals surface area contributed by atoms with E-state index in [4.69, 9.17) is 5.11 Å². The first-order chi connectivity index (χ1) is 9.32. The number of nitrogens with zero attached hydrogens (tertiary/aromatic N) is 2. The van der Waals surface area contributed by atoms with Gasteiger partial charge in [-0.3, -0.25) is 0 Å². The van der Waals surface area contributed by atoms with E-state index < -0.39 is 11.5 Å². The van der Waals surface area contributed by atoms with Crippen LogP contribution in [0.4, 0.5) is 4.79 Å². The highest BCUT2D eigenvalue weighted by Crippen LogP contribution is 2.27. The third kappa shape index (κ3) is 2.90. The quantitative estimate of drug-likeness (QED) is 0.814. The smallest absolute Gasteiger partial charge is 0.329 e. The molecule has 2 rings (SSSR count). The lowest BCUT2D eigenvalue weighted by Crippen LogP contribution is -2.57. The van der Waals surface area contributed by atoms with Gasteiger partial charge in [0.2, 0.25) is 0 Å². The Hall–Kier alpha value is -1.30. The van der Waals surface area contributed by atoms with Crippen LogP contribution in [-0.4, -0.2) is 64.7 Å². The minimum atomic E-state index is -1.20. The number of carboxylic acids is 1. The summed E-state index contributed by atoms with van der Waals surface area (Å²) in [6.07, 6.45) is 4.39. The Morgan fingerprint density at radius 1 is 1.30 bits per heavy atom. The standard InChI is InChI=1S/C14H25N3O3/c1-14(2,12(18)19)16(3)13(20)15-10-6-8-17-7-4-5-11(17)9-10/h10-11H,4-9H2,1-3H3,(H,15,20)(H,18,19). The fourth-order valence-corrected chi connectivity index (χ4v) is 3.02. The third-order valence-electron chi connectivity index (χ3n) is 4.81. The molecule has 2 unspecified atom stereocenters. The Balaban J connectivity index is 1.90. The SMILES string of the molecule is CN(C(=O)NC1CCN2CCCC2C1)C(C)(C)C(=O)O. The van der Waals surface area contributed by atoms with Crippen LogP contribution in [0.5, 0.6) is 0 Å². The number of urea groups is 1. The van der Waals surface area contributed by atoms with Crippen LogP contribution in [0, 0.1) is 0 Å². The van der Waals surface area contributed by atoms with Crippen LogP contribution in [0.1, 0.15) is 39.5 Å². The topological polar surface area (TPSA) is 72.9 Å². The van der Waals surface area contributed by atoms with Crippen molar-refractivity contribution in [3.63, 3.8) is 0 Å². The van der Waals surface area contributed by atoms with Crippen molar-refractivity contribution in [1.82, 2.24) is 15.1 Å². The summed E-state index contributed by atoms with van der Waals surface area (Å²) in [4.78, 5) is 27.1. The summed E-state index contributed by atoms with van der Waals surface area (Å²) in [5.74, 6) is -0.999. The second-order valence-corrected chi connectivity index (χ2v) is 6.43. The Labute approximate surface area is 120 Å². The van der Waals surface area contributed by atoms with Crippen molar-refractivity contribution in [2.24, 2.45) is 0 Å². The molecule has 2 fully saturated rings. The molecule has 20 heavy (non-hydrogen) atoms. The zero-order chi connectivity index (χ0) is 14.9. The normalized spacial score (nSPS) is 26.9. The van der Waals surface area contributed by atoms with Crippen LogP contribution in [0.2, 0.25) is 0 Å². The van der Waals surface area contributed by atoms with Gasteiger partial charge in [0, 0.05) is 25.7 Å². The van der Waals surface area contributed by atoms with Crippen LogP contribution in [0.3, 0.4) is 0 Å². The molecule has 2 N–H and O–H groups in total. The number of hydrogen-bond acceptors (Lipinski definition) is 3. The lowest BCUT2D eigenvalue weighted by molar-refractivity contribution is -0.146. The summed E-state index contributed by atoms with van der Waals surface area (Å²) in [7, 11) is 1.54. The van der Waals surface area contributed by atoms with E-state index in [1.165, 1.54) is 45.2 Å². The maximum absolute atomic E-state index is 12.2. The second kappa shape index (κ2) is 5.60. The molecular formula is C14H25N3O3. The van der Waals surface area contributed by atoms with Gasteiger partial charge in [-0.15, -0.1) is 0 Å². The molecule has 6 heteroatoms. The summed E-state index contributed by atoms with van der Waals surface area (Å²) in [5.41, 5.74) is -1.20. The number of carbonyl (C=O) groups is 2. The molecule has 0 aromatic rings. The molecular weight excluding hydrogens is 258 g/mol. The molecule has 2 aliphatic heterocycles. The van der Waals surface area contributed by atoms with Gasteiger partial charge >= 0.3 is 12.0 Å². The maximum Gasteiger partial charge on any atom is 0.329 e. The lowest BCUT2D eigenvalue weighted by Gasteiger charge is -2.37. The number of carboxylic acid groups (broad SMARTS) is 1. The first kappa shape index (κ1) is 15.1. The number of piperidine rings is 1. The summed E-state index contributed by atoms with van der Waals surface area (Å²) in [6, 6.07) is 0.453. The molecule has 2 aliphatic rings. The van der Waals surface area contributed by atoms with E-state index in [0.717, 1.165) is 19.4 Å². The number of nitrogens with one attached hydrogen (secondary N) is 1. The molecule has 6 nitrogen and oxygen atoms in total. The lowest BCUT2D eigenvalue weighted by atomic mass is 9.97. The minimum absolute atomic E-state index is 0.161. The van der Waals surface area contributed by atoms with Gasteiger partial charge in [-0.1, -0.05) is 0 Å². The number of carbonyl (C=O) groups excluding carboxylic acids is 1. The molecule has 0 bridgehead atoms. The first-order valence-electron chi connectivity index (χ1n) is 7.34. The molecule has 0 aromatic heterocycles. The average molecular weight is 283 g/mol. The zero-order valence-electron chi connectivity index (χ0n) is 12.6. The van der Waals surface area contributed by atoms with Gasteiger partial charge in [0.15, 0.2) is 0 Å². The van der Waals surface area contributed by atoms with E-state index in [1.54, 1.807) is 0 Å². The van der Waals surface area contributed by atoms with Crippen molar-refractivity contribution in [2.45, 2.75) is 57.2 Å². The summed E-state index contributed by atoms with van der Waals surface area (Å²) in [6.45, 7) is 5.28. The van der Waals surface area contributed by atoms with Crippen LogP contribution >= 0.6 is 0 Å². The number of aliphatic carboxylic acids is 1. The van der Waals surface area contributed by atoms with Crippen molar-refractivity contribution in [3.05, 3.63) is 0 Å². The van der Waals surface area contributed by atoms with Crippen LogP contribution in [-0.2, 0) is 4.79 Å². The number of hydrogen-bond donors (Lipinski definition) is 2. The van der Waals surface area contributed by atoms with Gasteiger partial charge in [0.25, 0.3) is 0 Å². The minimum Gasteiger partial charge on any atom is -0.480 e. The Morgan fingerprint density at radius 3 is 2.65 bits per heavy atom. The third-order valence-corrected chi connectivity index (χ3v) is 4.81. The van der Waals surface area contributed by atoms with E-state index in [1.807, 2.05) is 0 Å². The fourth-order valence-electron chi connectivity index (χ4n) is 3.02. The van der Waals surface area contributed by atoms with Gasteiger partial charge in [0.05, 0.1) is 0 Å². The summed E-state index contributed by atoms with van der Waals surface area (Å²) in [5, 5.41) is 12.2. The summed E-state index contributed by atoms with van der Waals surface area (Å²) < 4.78 is 0. The van der Waals surface area contributed by atoms with Crippen LogP contribution < -0.4 is 5.32 Å². The molecule has 114 valence electrons. The van der Waals surface area contributed by atoms with E-state index in [0.29, 0.717) is 6.04 Å². The second-order valence-electron chi connectivity index (χ2n) is 6.43. The molecule has 2 atom stereocenters. The first-order valence-corrected chi connectivity index (χ1v) is 7.34. The van der Waals surface area contributed by atoms with Crippen molar-refractivity contribution >= 4 is 12.0 Å². The number of fused-ring (bicyclic) bond motifs is 1. The number of likely N-dealkylation sites (N-methyl/N-ethyl adjacent to an activating group) is 1. The van der Waals surface area contributed by atoms with E-state index >= 15 is 0 Å². The zero-order valence-corrected chi connectivity index (χ0v) is 12.6. The number of amides is 2. The van der Waals surface area contributed by atoms with Crippen molar-refractivity contribution in [3.8, 4) is 0 Å².